The van der Waals surface area contributed by atoms with Gasteiger partial charge in [-0.05, 0) is 25.2 Å². The molecule has 2 fully saturated rings. The molecule has 0 spiro atoms. The van der Waals surface area contributed by atoms with Crippen LogP contribution in [0.4, 0.5) is 13.2 Å². The van der Waals surface area contributed by atoms with Crippen LogP contribution >= 0.6 is 0 Å². The fourth-order valence-corrected chi connectivity index (χ4v) is 2.96. The van der Waals surface area contributed by atoms with Gasteiger partial charge < -0.3 is 10.1 Å². The van der Waals surface area contributed by atoms with Gasteiger partial charge in [-0.25, -0.2) is 0 Å². The van der Waals surface area contributed by atoms with E-state index in [0.29, 0.717) is 18.6 Å². The van der Waals surface area contributed by atoms with Crippen molar-refractivity contribution in [1.29, 1.82) is 0 Å². The van der Waals surface area contributed by atoms with Gasteiger partial charge in [0.25, 0.3) is 0 Å². The summed E-state index contributed by atoms with van der Waals surface area (Å²) in [7, 11) is 0. The minimum atomic E-state index is -4.22. The first kappa shape index (κ1) is 16.0. The lowest BCUT2D eigenvalue weighted by molar-refractivity contribution is -0.175. The van der Waals surface area contributed by atoms with Crippen LogP contribution in [0.5, 0.6) is 0 Å². The first-order valence-corrected chi connectivity index (χ1v) is 7.61. The van der Waals surface area contributed by atoms with Crippen molar-refractivity contribution in [3.8, 4) is 0 Å². The van der Waals surface area contributed by atoms with Crippen LogP contribution in [0.15, 0.2) is 0 Å². The van der Waals surface area contributed by atoms with E-state index >= 15 is 0 Å². The molecule has 1 N–H and O–H groups in total. The molecule has 0 aromatic rings. The van der Waals surface area contributed by atoms with Crippen molar-refractivity contribution in [1.82, 2.24) is 10.2 Å². The Morgan fingerprint density at radius 2 is 2.05 bits per heavy atom. The minimum Gasteiger partial charge on any atom is -0.371 e. The molecule has 1 heterocycles. The summed E-state index contributed by atoms with van der Waals surface area (Å²) >= 11 is 0. The fraction of sp³-hybridized carbons (Fsp3) is 1.00. The van der Waals surface area contributed by atoms with Gasteiger partial charge in [0.15, 0.2) is 0 Å². The van der Waals surface area contributed by atoms with Crippen molar-refractivity contribution < 1.29 is 17.9 Å². The molecule has 2 atom stereocenters. The number of ether oxygens (including phenoxy) is 1. The first-order chi connectivity index (χ1) is 9.49. The average Bonchev–Trinajstić information content (AvgIpc) is 3.19. The number of hydrogen-bond donors (Lipinski definition) is 1. The summed E-state index contributed by atoms with van der Waals surface area (Å²) in [4.78, 5) is 2.32. The van der Waals surface area contributed by atoms with Crippen molar-refractivity contribution in [3.63, 3.8) is 0 Å². The largest absolute Gasteiger partial charge is 0.411 e. The topological polar surface area (TPSA) is 24.5 Å². The molecule has 0 amide bonds. The molecule has 0 aromatic carbocycles. The van der Waals surface area contributed by atoms with E-state index in [1.54, 1.807) is 0 Å². The highest BCUT2D eigenvalue weighted by Gasteiger charge is 2.36. The number of nitrogens with one attached hydrogen (secondary N) is 1. The average molecular weight is 294 g/mol. The van der Waals surface area contributed by atoms with Crippen LogP contribution in [0.25, 0.3) is 0 Å². The van der Waals surface area contributed by atoms with Gasteiger partial charge in [0.2, 0.25) is 0 Å². The number of hydrogen-bond acceptors (Lipinski definition) is 3. The third-order valence-electron chi connectivity index (χ3n) is 4.16. The second-order valence-corrected chi connectivity index (χ2v) is 5.96. The van der Waals surface area contributed by atoms with Crippen LogP contribution in [-0.4, -0.2) is 56.0 Å². The van der Waals surface area contributed by atoms with Gasteiger partial charge in [0.1, 0.15) is 6.61 Å². The van der Waals surface area contributed by atoms with Gasteiger partial charge in [0.05, 0.1) is 6.61 Å². The molecule has 2 unspecified atom stereocenters. The Morgan fingerprint density at radius 3 is 2.65 bits per heavy atom. The second kappa shape index (κ2) is 7.09. The Kier molecular flexibility index (Phi) is 5.69. The van der Waals surface area contributed by atoms with E-state index in [1.807, 2.05) is 0 Å². The fourth-order valence-electron chi connectivity index (χ4n) is 2.96. The molecule has 0 aromatic heterocycles. The van der Waals surface area contributed by atoms with Crippen molar-refractivity contribution >= 4 is 0 Å². The number of rotatable bonds is 7. The standard InChI is InChI=1S/C14H25F3N2O/c1-2-3-12-8-18-13(11-4-5-11)9-19(12)6-7-20-10-14(15,16)17/h11-13,18H,2-10H2,1H3. The highest BCUT2D eigenvalue weighted by Crippen LogP contribution is 2.34. The van der Waals surface area contributed by atoms with Gasteiger partial charge in [-0.1, -0.05) is 13.3 Å². The van der Waals surface area contributed by atoms with E-state index in [1.165, 1.54) is 12.8 Å². The molecule has 20 heavy (non-hydrogen) atoms. The third-order valence-corrected chi connectivity index (χ3v) is 4.16. The van der Waals surface area contributed by atoms with E-state index in [-0.39, 0.29) is 6.61 Å². The van der Waals surface area contributed by atoms with Crippen LogP contribution in [-0.2, 0) is 4.74 Å². The molecule has 2 rings (SSSR count). The Morgan fingerprint density at radius 1 is 1.30 bits per heavy atom. The summed E-state index contributed by atoms with van der Waals surface area (Å²) < 4.78 is 40.9. The van der Waals surface area contributed by atoms with Gasteiger partial charge in [0, 0.05) is 31.7 Å². The van der Waals surface area contributed by atoms with Gasteiger partial charge in [-0.3, -0.25) is 4.90 Å². The molecular weight excluding hydrogens is 269 g/mol. The summed E-state index contributed by atoms with van der Waals surface area (Å²) in [5.74, 6) is 0.774. The molecule has 6 heteroatoms. The minimum absolute atomic E-state index is 0.164. The third kappa shape index (κ3) is 5.22. The quantitative estimate of drug-likeness (QED) is 0.730. The number of halogens is 3. The van der Waals surface area contributed by atoms with Crippen molar-refractivity contribution in [2.24, 2.45) is 5.92 Å². The normalized spacial score (nSPS) is 28.8. The summed E-state index contributed by atoms with van der Waals surface area (Å²) in [5, 5.41) is 3.60. The lowest BCUT2D eigenvalue weighted by Gasteiger charge is -2.40. The van der Waals surface area contributed by atoms with Gasteiger partial charge >= 0.3 is 6.18 Å². The van der Waals surface area contributed by atoms with Crippen LogP contribution < -0.4 is 5.32 Å². The van der Waals surface area contributed by atoms with E-state index in [2.05, 4.69) is 17.1 Å². The Labute approximate surface area is 118 Å². The number of nitrogens with zero attached hydrogens (tertiary/aromatic N) is 1. The molecule has 1 aliphatic heterocycles. The second-order valence-electron chi connectivity index (χ2n) is 5.96. The van der Waals surface area contributed by atoms with Crippen molar-refractivity contribution in [2.45, 2.75) is 50.9 Å². The highest BCUT2D eigenvalue weighted by molar-refractivity contribution is 4.94. The SMILES string of the molecule is CCCC1CNC(C2CC2)CN1CCOCC(F)(F)F. The zero-order chi connectivity index (χ0) is 14.6. The predicted molar refractivity (Wildman–Crippen MR) is 71.7 cm³/mol. The maximum Gasteiger partial charge on any atom is 0.411 e. The van der Waals surface area contributed by atoms with Crippen LogP contribution in [0, 0.1) is 5.92 Å². The van der Waals surface area contributed by atoms with E-state index < -0.39 is 12.8 Å². The maximum atomic E-state index is 12.0. The molecule has 2 aliphatic rings. The number of alkyl halides is 3. The van der Waals surface area contributed by atoms with Crippen molar-refractivity contribution in [3.05, 3.63) is 0 Å². The first-order valence-electron chi connectivity index (χ1n) is 7.61. The highest BCUT2D eigenvalue weighted by atomic mass is 19.4. The summed E-state index contributed by atoms with van der Waals surface area (Å²) in [5.41, 5.74) is 0. The summed E-state index contributed by atoms with van der Waals surface area (Å²) in [6.07, 6.45) is 0.538. The Hall–Kier alpha value is -0.330. The lowest BCUT2D eigenvalue weighted by atomic mass is 10.0. The lowest BCUT2D eigenvalue weighted by Crippen LogP contribution is -2.57. The maximum absolute atomic E-state index is 12.0. The summed E-state index contributed by atoms with van der Waals surface area (Å²) in [6, 6.07) is 0.954. The van der Waals surface area contributed by atoms with E-state index in [0.717, 1.165) is 31.8 Å². The van der Waals surface area contributed by atoms with Crippen LogP contribution in [0.1, 0.15) is 32.6 Å². The van der Waals surface area contributed by atoms with Crippen LogP contribution in [0.3, 0.4) is 0 Å². The number of piperazine rings is 1. The van der Waals surface area contributed by atoms with E-state index in [4.69, 9.17) is 4.74 Å². The molecule has 1 saturated heterocycles. The molecule has 0 bridgehead atoms. The predicted octanol–water partition coefficient (Wildman–Crippen LogP) is 2.42. The molecule has 3 nitrogen and oxygen atoms in total. The monoisotopic (exact) mass is 294 g/mol. The van der Waals surface area contributed by atoms with Gasteiger partial charge in [-0.15, -0.1) is 0 Å². The molecule has 1 saturated carbocycles. The molecule has 0 radical (unpaired) electrons. The van der Waals surface area contributed by atoms with Gasteiger partial charge in [-0.2, -0.15) is 13.2 Å². The Balaban J connectivity index is 1.74. The summed E-state index contributed by atoms with van der Waals surface area (Å²) in [6.45, 7) is 3.68. The van der Waals surface area contributed by atoms with E-state index in [9.17, 15) is 13.2 Å². The molecular formula is C14H25F3N2O. The smallest absolute Gasteiger partial charge is 0.371 e. The zero-order valence-corrected chi connectivity index (χ0v) is 12.1. The zero-order valence-electron chi connectivity index (χ0n) is 12.1. The van der Waals surface area contributed by atoms with Crippen LogP contribution in [0.2, 0.25) is 0 Å². The molecule has 1 aliphatic carbocycles. The van der Waals surface area contributed by atoms with Crippen molar-refractivity contribution in [2.75, 3.05) is 32.8 Å². The molecule has 118 valence electrons. The Bertz CT molecular complexity index is 295.